The number of fused-ring (bicyclic) bond motifs is 1. The summed E-state index contributed by atoms with van der Waals surface area (Å²) in [5.41, 5.74) is 2.83. The van der Waals surface area contributed by atoms with Crippen LogP contribution in [-0.2, 0) is 16.6 Å². The van der Waals surface area contributed by atoms with Gasteiger partial charge in [0, 0.05) is 16.0 Å². The maximum atomic E-state index is 10.8. The number of hydrogen-bond acceptors (Lipinski definition) is 5. The van der Waals surface area contributed by atoms with Gasteiger partial charge in [-0.05, 0) is 61.6 Å². The summed E-state index contributed by atoms with van der Waals surface area (Å²) >= 11 is 1.74. The Morgan fingerprint density at radius 1 is 1.21 bits per heavy atom. The molecule has 0 fully saturated rings. The maximum Gasteiger partial charge on any atom is 0.309 e. The van der Waals surface area contributed by atoms with E-state index in [0.717, 1.165) is 28.4 Å². The Labute approximate surface area is 176 Å². The highest BCUT2D eigenvalue weighted by atomic mass is 32.2. The van der Waals surface area contributed by atoms with Crippen molar-refractivity contribution in [2.24, 2.45) is 0 Å². The molecule has 2 heterocycles. The molecule has 5 nitrogen and oxygen atoms in total. The van der Waals surface area contributed by atoms with E-state index in [1.54, 1.807) is 23.9 Å². The molecule has 3 rings (SSSR count). The van der Waals surface area contributed by atoms with E-state index in [1.165, 1.54) is 5.56 Å². The second-order valence-electron chi connectivity index (χ2n) is 8.43. The van der Waals surface area contributed by atoms with Crippen molar-refractivity contribution in [2.75, 3.05) is 5.75 Å². The average Bonchev–Trinajstić information content (AvgIpc) is 2.59. The van der Waals surface area contributed by atoms with Crippen molar-refractivity contribution in [1.29, 1.82) is 0 Å². The van der Waals surface area contributed by atoms with Crippen molar-refractivity contribution in [3.8, 4) is 17.6 Å². The highest BCUT2D eigenvalue weighted by molar-refractivity contribution is 7.99. The molecule has 0 unspecified atom stereocenters. The van der Waals surface area contributed by atoms with Crippen molar-refractivity contribution in [3.05, 3.63) is 46.8 Å². The van der Waals surface area contributed by atoms with Crippen LogP contribution < -0.4 is 4.74 Å². The normalized spacial score (nSPS) is 16.2. The fourth-order valence-corrected chi connectivity index (χ4v) is 4.61. The minimum atomic E-state index is -0.929. The fourth-order valence-electron chi connectivity index (χ4n) is 3.85. The van der Waals surface area contributed by atoms with E-state index in [4.69, 9.17) is 9.84 Å². The van der Waals surface area contributed by atoms with E-state index >= 15 is 0 Å². The quantitative estimate of drug-likeness (QED) is 0.593. The lowest BCUT2D eigenvalue weighted by Crippen LogP contribution is -2.41. The van der Waals surface area contributed by atoms with Gasteiger partial charge in [0.25, 0.3) is 0 Å². The molecule has 6 heteroatoms. The van der Waals surface area contributed by atoms with E-state index in [-0.39, 0.29) is 17.4 Å². The van der Waals surface area contributed by atoms with Gasteiger partial charge in [-0.25, -0.2) is 0 Å². The summed E-state index contributed by atoms with van der Waals surface area (Å²) in [7, 11) is 0. The number of carboxylic acids is 1. The van der Waals surface area contributed by atoms with Crippen LogP contribution in [-0.4, -0.2) is 32.6 Å². The average molecular weight is 411 g/mol. The van der Waals surface area contributed by atoms with Crippen LogP contribution in [0.2, 0.25) is 0 Å². The SMILES string of the molecule is CCSc1cc2c(cc1C#Cc1ccc(CC(=O)O)nn1)C(C)(C)CC(C)(C)O2. The Kier molecular flexibility index (Phi) is 5.90. The fraction of sp³-hybridized carbons (Fsp3) is 0.435. The second-order valence-corrected chi connectivity index (χ2v) is 9.74. The zero-order valence-electron chi connectivity index (χ0n) is 17.5. The van der Waals surface area contributed by atoms with Crippen LogP contribution >= 0.6 is 11.8 Å². The Morgan fingerprint density at radius 2 is 1.97 bits per heavy atom. The second kappa shape index (κ2) is 8.08. The lowest BCUT2D eigenvalue weighted by atomic mass is 9.73. The molecule has 0 radical (unpaired) electrons. The Morgan fingerprint density at radius 3 is 2.59 bits per heavy atom. The third kappa shape index (κ3) is 5.10. The highest BCUT2D eigenvalue weighted by Gasteiger charge is 2.39. The number of aliphatic carboxylic acids is 1. The molecule has 1 aliphatic heterocycles. The Bertz CT molecular complexity index is 986. The number of aromatic nitrogens is 2. The summed E-state index contributed by atoms with van der Waals surface area (Å²) in [5.74, 6) is 7.24. The molecule has 152 valence electrons. The number of rotatable bonds is 4. The van der Waals surface area contributed by atoms with Crippen LogP contribution in [0.1, 0.15) is 63.6 Å². The van der Waals surface area contributed by atoms with Gasteiger partial charge in [0.1, 0.15) is 17.0 Å². The molecule has 1 N–H and O–H groups in total. The predicted octanol–water partition coefficient (Wildman–Crippen LogP) is 4.45. The zero-order chi connectivity index (χ0) is 21.2. The number of thioether (sulfide) groups is 1. The molecule has 0 saturated carbocycles. The zero-order valence-corrected chi connectivity index (χ0v) is 18.3. The van der Waals surface area contributed by atoms with Crippen LogP contribution in [0.25, 0.3) is 0 Å². The van der Waals surface area contributed by atoms with Crippen molar-refractivity contribution in [1.82, 2.24) is 10.2 Å². The minimum Gasteiger partial charge on any atom is -0.487 e. The van der Waals surface area contributed by atoms with Gasteiger partial charge in [0.05, 0.1) is 12.1 Å². The van der Waals surface area contributed by atoms with Crippen molar-refractivity contribution in [3.63, 3.8) is 0 Å². The maximum absolute atomic E-state index is 10.8. The van der Waals surface area contributed by atoms with E-state index in [2.05, 4.69) is 68.8 Å². The minimum absolute atomic E-state index is 0.0127. The molecule has 29 heavy (non-hydrogen) atoms. The lowest BCUT2D eigenvalue weighted by molar-refractivity contribution is -0.136. The van der Waals surface area contributed by atoms with E-state index in [9.17, 15) is 4.79 Å². The molecule has 1 aromatic carbocycles. The first-order valence-corrected chi connectivity index (χ1v) is 10.6. The van der Waals surface area contributed by atoms with E-state index in [1.807, 2.05) is 0 Å². The number of nitrogens with zero attached hydrogens (tertiary/aromatic N) is 2. The molecule has 0 spiro atoms. The Hall–Kier alpha value is -2.52. The first-order valence-electron chi connectivity index (χ1n) is 9.66. The highest BCUT2D eigenvalue weighted by Crippen LogP contribution is 2.46. The largest absolute Gasteiger partial charge is 0.487 e. The smallest absolute Gasteiger partial charge is 0.309 e. The van der Waals surface area contributed by atoms with Gasteiger partial charge in [0.2, 0.25) is 0 Å². The molecule has 0 aliphatic carbocycles. The first-order chi connectivity index (χ1) is 13.6. The topological polar surface area (TPSA) is 72.3 Å². The molecule has 0 bridgehead atoms. The first kappa shape index (κ1) is 21.2. The van der Waals surface area contributed by atoms with Crippen LogP contribution in [0.5, 0.6) is 5.75 Å². The van der Waals surface area contributed by atoms with Gasteiger partial charge in [-0.2, -0.15) is 5.10 Å². The molecule has 0 atom stereocenters. The van der Waals surface area contributed by atoms with Gasteiger partial charge >= 0.3 is 5.97 Å². The van der Waals surface area contributed by atoms with Crippen LogP contribution in [0.3, 0.4) is 0 Å². The molecule has 2 aromatic rings. The third-order valence-corrected chi connectivity index (χ3v) is 5.68. The number of carboxylic acid groups (broad SMARTS) is 1. The molecular formula is C23H26N2O3S. The van der Waals surface area contributed by atoms with Gasteiger partial charge < -0.3 is 9.84 Å². The summed E-state index contributed by atoms with van der Waals surface area (Å²) in [5, 5.41) is 16.8. The van der Waals surface area contributed by atoms with Crippen molar-refractivity contribution < 1.29 is 14.6 Å². The summed E-state index contributed by atoms with van der Waals surface area (Å²) in [4.78, 5) is 11.9. The van der Waals surface area contributed by atoms with Gasteiger partial charge in [-0.15, -0.1) is 16.9 Å². The molecular weight excluding hydrogens is 384 g/mol. The van der Waals surface area contributed by atoms with E-state index < -0.39 is 5.97 Å². The van der Waals surface area contributed by atoms with Crippen LogP contribution in [0.15, 0.2) is 29.2 Å². The van der Waals surface area contributed by atoms with E-state index in [0.29, 0.717) is 11.4 Å². The summed E-state index contributed by atoms with van der Waals surface area (Å²) in [6.07, 6.45) is 0.783. The van der Waals surface area contributed by atoms with Gasteiger partial charge in [-0.1, -0.05) is 26.7 Å². The van der Waals surface area contributed by atoms with Gasteiger partial charge in [0.15, 0.2) is 0 Å². The van der Waals surface area contributed by atoms with Crippen LogP contribution in [0, 0.1) is 11.8 Å². The van der Waals surface area contributed by atoms with Crippen LogP contribution in [0.4, 0.5) is 0 Å². The number of hydrogen-bond donors (Lipinski definition) is 1. The van der Waals surface area contributed by atoms with Gasteiger partial charge in [-0.3, -0.25) is 4.79 Å². The third-order valence-electron chi connectivity index (χ3n) is 4.74. The molecule has 1 aliphatic rings. The number of carbonyl (C=O) groups is 1. The molecule has 0 saturated heterocycles. The van der Waals surface area contributed by atoms with Crippen molar-refractivity contribution in [2.45, 2.75) is 63.4 Å². The summed E-state index contributed by atoms with van der Waals surface area (Å²) < 4.78 is 6.27. The predicted molar refractivity (Wildman–Crippen MR) is 115 cm³/mol. The van der Waals surface area contributed by atoms with Crippen molar-refractivity contribution >= 4 is 17.7 Å². The lowest BCUT2D eigenvalue weighted by Gasteiger charge is -2.42. The summed E-state index contributed by atoms with van der Waals surface area (Å²) in [6.45, 7) is 10.9. The molecule has 0 amide bonds. The number of benzene rings is 1. The molecule has 1 aromatic heterocycles. The monoisotopic (exact) mass is 410 g/mol. The standard InChI is InChI=1S/C23H26N2O3S/c1-6-29-20-13-19-18(22(2,3)14-23(4,5)28-19)11-15(20)7-8-16-9-10-17(25-24-16)12-21(26)27/h9-11,13H,6,12,14H2,1-5H3,(H,26,27). The Balaban J connectivity index is 1.98. The summed E-state index contributed by atoms with van der Waals surface area (Å²) in [6, 6.07) is 7.61. The number of ether oxygens (including phenoxy) is 1.